The molecule has 0 radical (unpaired) electrons. The average Bonchev–Trinajstić information content (AvgIpc) is 2.63. The number of nitrogens with zero attached hydrogens (tertiary/aromatic N) is 3. The van der Waals surface area contributed by atoms with Crippen LogP contribution < -0.4 is 0 Å². The number of aryl methyl sites for hydroxylation is 2. The molecule has 4 heteroatoms. The SMILES string of the molecule is Cc1ccc2nc(C)c(C(=O)N3CCCCCC3)n2c1. The first kappa shape index (κ1) is 13.2. The van der Waals surface area contributed by atoms with Crippen LogP contribution in [0.3, 0.4) is 0 Å². The Hall–Kier alpha value is -1.84. The fourth-order valence-corrected chi connectivity index (χ4v) is 2.95. The van der Waals surface area contributed by atoms with Crippen LogP contribution in [-0.2, 0) is 0 Å². The van der Waals surface area contributed by atoms with Gasteiger partial charge < -0.3 is 4.90 Å². The number of amides is 1. The summed E-state index contributed by atoms with van der Waals surface area (Å²) >= 11 is 0. The number of pyridine rings is 1. The molecule has 0 N–H and O–H groups in total. The molecule has 0 atom stereocenters. The van der Waals surface area contributed by atoms with Crippen LogP contribution in [0.4, 0.5) is 0 Å². The number of fused-ring (bicyclic) bond motifs is 1. The number of carbonyl (C=O) groups is 1. The minimum Gasteiger partial charge on any atom is -0.337 e. The van der Waals surface area contributed by atoms with Crippen LogP contribution in [0.1, 0.15) is 47.4 Å². The Balaban J connectivity index is 2.01. The number of aromatic nitrogens is 2. The van der Waals surface area contributed by atoms with Gasteiger partial charge in [0.05, 0.1) is 5.69 Å². The molecule has 2 aromatic rings. The molecule has 2 aromatic heterocycles. The quantitative estimate of drug-likeness (QED) is 0.799. The van der Waals surface area contributed by atoms with Gasteiger partial charge in [-0.2, -0.15) is 0 Å². The highest BCUT2D eigenvalue weighted by molar-refractivity contribution is 5.94. The summed E-state index contributed by atoms with van der Waals surface area (Å²) in [6, 6.07) is 4.00. The minimum absolute atomic E-state index is 0.127. The third-order valence-electron chi connectivity index (χ3n) is 4.04. The summed E-state index contributed by atoms with van der Waals surface area (Å²) in [6.45, 7) is 5.71. The van der Waals surface area contributed by atoms with E-state index in [1.807, 2.05) is 41.5 Å². The highest BCUT2D eigenvalue weighted by atomic mass is 16.2. The third-order valence-corrected chi connectivity index (χ3v) is 4.04. The molecule has 0 spiro atoms. The highest BCUT2D eigenvalue weighted by Gasteiger charge is 2.23. The molecule has 1 aliphatic rings. The fraction of sp³-hybridized carbons (Fsp3) is 0.500. The lowest BCUT2D eigenvalue weighted by atomic mass is 10.2. The smallest absolute Gasteiger partial charge is 0.272 e. The van der Waals surface area contributed by atoms with Crippen molar-refractivity contribution in [3.05, 3.63) is 35.3 Å². The van der Waals surface area contributed by atoms with Gasteiger partial charge in [0.15, 0.2) is 0 Å². The zero-order chi connectivity index (χ0) is 14.1. The zero-order valence-electron chi connectivity index (χ0n) is 12.2. The molecule has 0 aromatic carbocycles. The van der Waals surface area contributed by atoms with E-state index in [4.69, 9.17) is 0 Å². The van der Waals surface area contributed by atoms with Crippen molar-refractivity contribution in [2.24, 2.45) is 0 Å². The van der Waals surface area contributed by atoms with Crippen molar-refractivity contribution in [2.45, 2.75) is 39.5 Å². The van der Waals surface area contributed by atoms with Gasteiger partial charge in [0.1, 0.15) is 11.3 Å². The lowest BCUT2D eigenvalue weighted by molar-refractivity contribution is 0.0754. The summed E-state index contributed by atoms with van der Waals surface area (Å²) in [5.41, 5.74) is 3.54. The minimum atomic E-state index is 0.127. The predicted molar refractivity (Wildman–Crippen MR) is 79.0 cm³/mol. The van der Waals surface area contributed by atoms with Crippen LogP contribution in [0.2, 0.25) is 0 Å². The molecule has 0 bridgehead atoms. The summed E-state index contributed by atoms with van der Waals surface area (Å²) in [4.78, 5) is 19.3. The average molecular weight is 271 g/mol. The Bertz CT molecular complexity index is 636. The van der Waals surface area contributed by atoms with Gasteiger partial charge in [0.2, 0.25) is 0 Å². The van der Waals surface area contributed by atoms with Crippen molar-refractivity contribution in [1.29, 1.82) is 0 Å². The van der Waals surface area contributed by atoms with Crippen LogP contribution in [-0.4, -0.2) is 33.3 Å². The molecule has 0 unspecified atom stereocenters. The van der Waals surface area contributed by atoms with E-state index < -0.39 is 0 Å². The number of imidazole rings is 1. The van der Waals surface area contributed by atoms with Crippen LogP contribution in [0.15, 0.2) is 18.3 Å². The van der Waals surface area contributed by atoms with E-state index in [-0.39, 0.29) is 5.91 Å². The highest BCUT2D eigenvalue weighted by Crippen LogP contribution is 2.18. The van der Waals surface area contributed by atoms with E-state index in [0.717, 1.165) is 48.5 Å². The van der Waals surface area contributed by atoms with E-state index in [9.17, 15) is 4.79 Å². The Morgan fingerprint density at radius 2 is 1.80 bits per heavy atom. The van der Waals surface area contributed by atoms with Gasteiger partial charge in [-0.05, 0) is 38.3 Å². The number of hydrogen-bond acceptors (Lipinski definition) is 2. The standard InChI is InChI=1S/C16H21N3O/c1-12-7-8-14-17-13(2)15(19(14)11-12)16(20)18-9-5-3-4-6-10-18/h7-8,11H,3-6,9-10H2,1-2H3. The van der Waals surface area contributed by atoms with E-state index in [0.29, 0.717) is 0 Å². The maximum atomic E-state index is 12.8. The molecule has 0 aliphatic carbocycles. The first-order valence-corrected chi connectivity index (χ1v) is 7.41. The fourth-order valence-electron chi connectivity index (χ4n) is 2.95. The van der Waals surface area contributed by atoms with Crippen molar-refractivity contribution < 1.29 is 4.79 Å². The predicted octanol–water partition coefficient (Wildman–Crippen LogP) is 2.97. The molecule has 0 saturated carbocycles. The zero-order valence-corrected chi connectivity index (χ0v) is 12.2. The van der Waals surface area contributed by atoms with E-state index in [1.54, 1.807) is 0 Å². The van der Waals surface area contributed by atoms with Gasteiger partial charge >= 0.3 is 0 Å². The van der Waals surface area contributed by atoms with Crippen molar-refractivity contribution in [3.63, 3.8) is 0 Å². The second-order valence-corrected chi connectivity index (χ2v) is 5.69. The number of rotatable bonds is 1. The van der Waals surface area contributed by atoms with E-state index in [1.165, 1.54) is 12.8 Å². The third kappa shape index (κ3) is 2.30. The Morgan fingerprint density at radius 3 is 2.50 bits per heavy atom. The normalized spacial score (nSPS) is 16.4. The molecule has 106 valence electrons. The lowest BCUT2D eigenvalue weighted by Crippen LogP contribution is -2.33. The largest absolute Gasteiger partial charge is 0.337 e. The Kier molecular flexibility index (Phi) is 3.47. The summed E-state index contributed by atoms with van der Waals surface area (Å²) in [7, 11) is 0. The second kappa shape index (κ2) is 5.27. The molecule has 3 heterocycles. The van der Waals surface area contributed by atoms with Gasteiger partial charge in [-0.15, -0.1) is 0 Å². The summed E-state index contributed by atoms with van der Waals surface area (Å²) < 4.78 is 1.94. The van der Waals surface area contributed by atoms with Crippen LogP contribution in [0.25, 0.3) is 5.65 Å². The number of likely N-dealkylation sites (tertiary alicyclic amines) is 1. The lowest BCUT2D eigenvalue weighted by Gasteiger charge is -2.20. The molecular weight excluding hydrogens is 250 g/mol. The summed E-state index contributed by atoms with van der Waals surface area (Å²) in [5.74, 6) is 0.127. The molecule has 1 amide bonds. The van der Waals surface area contributed by atoms with Gasteiger partial charge in [-0.1, -0.05) is 18.9 Å². The molecule has 1 saturated heterocycles. The number of hydrogen-bond donors (Lipinski definition) is 0. The molecular formula is C16H21N3O. The number of carbonyl (C=O) groups excluding carboxylic acids is 1. The van der Waals surface area contributed by atoms with Crippen LogP contribution >= 0.6 is 0 Å². The maximum absolute atomic E-state index is 12.8. The molecule has 3 rings (SSSR count). The van der Waals surface area contributed by atoms with E-state index >= 15 is 0 Å². The summed E-state index contributed by atoms with van der Waals surface area (Å²) in [6.07, 6.45) is 6.69. The first-order valence-electron chi connectivity index (χ1n) is 7.41. The van der Waals surface area contributed by atoms with Gasteiger partial charge in [-0.3, -0.25) is 9.20 Å². The molecule has 4 nitrogen and oxygen atoms in total. The topological polar surface area (TPSA) is 37.6 Å². The van der Waals surface area contributed by atoms with Gasteiger partial charge in [0.25, 0.3) is 5.91 Å². The Morgan fingerprint density at radius 1 is 1.10 bits per heavy atom. The van der Waals surface area contributed by atoms with Crippen LogP contribution in [0, 0.1) is 13.8 Å². The van der Waals surface area contributed by atoms with Crippen molar-refractivity contribution in [1.82, 2.24) is 14.3 Å². The van der Waals surface area contributed by atoms with Crippen molar-refractivity contribution >= 4 is 11.6 Å². The molecule has 1 fully saturated rings. The van der Waals surface area contributed by atoms with Crippen LogP contribution in [0.5, 0.6) is 0 Å². The second-order valence-electron chi connectivity index (χ2n) is 5.69. The van der Waals surface area contributed by atoms with Crippen molar-refractivity contribution in [3.8, 4) is 0 Å². The van der Waals surface area contributed by atoms with Gasteiger partial charge in [0, 0.05) is 19.3 Å². The van der Waals surface area contributed by atoms with Gasteiger partial charge in [-0.25, -0.2) is 4.98 Å². The van der Waals surface area contributed by atoms with Crippen molar-refractivity contribution in [2.75, 3.05) is 13.1 Å². The Labute approximate surface area is 119 Å². The molecule has 20 heavy (non-hydrogen) atoms. The first-order chi connectivity index (χ1) is 9.66. The summed E-state index contributed by atoms with van der Waals surface area (Å²) in [5, 5.41) is 0. The maximum Gasteiger partial charge on any atom is 0.272 e. The van der Waals surface area contributed by atoms with E-state index in [2.05, 4.69) is 4.98 Å². The molecule has 1 aliphatic heterocycles. The monoisotopic (exact) mass is 271 g/mol.